The second-order valence-electron chi connectivity index (χ2n) is 6.99. The Bertz CT molecular complexity index is 1360. The van der Waals surface area contributed by atoms with Crippen LogP contribution in [0.2, 0.25) is 10.0 Å². The molecule has 0 aliphatic rings. The number of benzene rings is 2. The smallest absolute Gasteiger partial charge is 0.417 e. The van der Waals surface area contributed by atoms with Crippen LogP contribution in [-0.4, -0.2) is 26.9 Å². The first-order valence-electron chi connectivity index (χ1n) is 9.52. The molecule has 0 amide bonds. The zero-order valence-electron chi connectivity index (χ0n) is 17.5. The summed E-state index contributed by atoms with van der Waals surface area (Å²) in [6, 6.07) is 9.61. The molecule has 176 valence electrons. The highest BCUT2D eigenvalue weighted by Gasteiger charge is 2.32. The van der Waals surface area contributed by atoms with Crippen molar-refractivity contribution in [1.82, 2.24) is 19.7 Å². The van der Waals surface area contributed by atoms with Crippen LogP contribution in [0, 0.1) is 5.82 Å². The summed E-state index contributed by atoms with van der Waals surface area (Å²) in [5.41, 5.74) is -0.494. The molecule has 2 aromatic carbocycles. The van der Waals surface area contributed by atoms with Gasteiger partial charge in [-0.3, -0.25) is 0 Å². The molecule has 4 rings (SSSR count). The molecule has 0 N–H and O–H groups in total. The van der Waals surface area contributed by atoms with Gasteiger partial charge in [-0.25, -0.2) is 19.0 Å². The van der Waals surface area contributed by atoms with Crippen LogP contribution in [0.3, 0.4) is 0 Å². The number of aromatic nitrogens is 4. The normalized spacial score (nSPS) is 11.5. The van der Waals surface area contributed by atoms with Gasteiger partial charge < -0.3 is 9.47 Å². The van der Waals surface area contributed by atoms with Crippen molar-refractivity contribution in [2.75, 3.05) is 7.11 Å². The van der Waals surface area contributed by atoms with Crippen molar-refractivity contribution in [3.8, 4) is 40.2 Å². The van der Waals surface area contributed by atoms with Crippen molar-refractivity contribution >= 4 is 23.2 Å². The number of pyridine rings is 1. The molecule has 0 saturated heterocycles. The average molecular weight is 513 g/mol. The number of methoxy groups -OCH3 is 1. The Morgan fingerprint density at radius 3 is 2.38 bits per heavy atom. The van der Waals surface area contributed by atoms with E-state index in [1.165, 1.54) is 42.1 Å². The molecule has 0 atom stereocenters. The fraction of sp³-hybridized carbons (Fsp3) is 0.136. The lowest BCUT2D eigenvalue weighted by atomic mass is 10.1. The van der Waals surface area contributed by atoms with E-state index in [0.29, 0.717) is 23.3 Å². The van der Waals surface area contributed by atoms with Gasteiger partial charge in [0, 0.05) is 24.9 Å². The maximum absolute atomic E-state index is 14.3. The van der Waals surface area contributed by atoms with Gasteiger partial charge in [-0.2, -0.15) is 18.3 Å². The van der Waals surface area contributed by atoms with Crippen molar-refractivity contribution < 1.29 is 27.0 Å². The van der Waals surface area contributed by atoms with E-state index in [9.17, 15) is 17.6 Å². The molecule has 2 aromatic heterocycles. The highest BCUT2D eigenvalue weighted by molar-refractivity contribution is 6.33. The van der Waals surface area contributed by atoms with E-state index >= 15 is 0 Å². The van der Waals surface area contributed by atoms with E-state index in [4.69, 9.17) is 32.7 Å². The van der Waals surface area contributed by atoms with Gasteiger partial charge >= 0.3 is 6.18 Å². The quantitative estimate of drug-likeness (QED) is 0.275. The zero-order valence-corrected chi connectivity index (χ0v) is 19.0. The molecule has 4 aromatic rings. The molecule has 6 nitrogen and oxygen atoms in total. The first kappa shape index (κ1) is 23.8. The van der Waals surface area contributed by atoms with E-state index in [1.807, 2.05) is 0 Å². The van der Waals surface area contributed by atoms with Gasteiger partial charge in [0.25, 0.3) is 0 Å². The predicted octanol–water partition coefficient (Wildman–Crippen LogP) is 6.81. The van der Waals surface area contributed by atoms with Crippen molar-refractivity contribution in [3.05, 3.63) is 70.1 Å². The lowest BCUT2D eigenvalue weighted by molar-refractivity contribution is -0.137. The minimum absolute atomic E-state index is 0.0473. The van der Waals surface area contributed by atoms with E-state index in [2.05, 4.69) is 15.1 Å². The highest BCUT2D eigenvalue weighted by atomic mass is 35.5. The van der Waals surface area contributed by atoms with Gasteiger partial charge in [-0.1, -0.05) is 29.3 Å². The first-order valence-corrected chi connectivity index (χ1v) is 10.3. The van der Waals surface area contributed by atoms with Crippen molar-refractivity contribution in [1.29, 1.82) is 0 Å². The van der Waals surface area contributed by atoms with Crippen molar-refractivity contribution in [2.45, 2.75) is 6.18 Å². The summed E-state index contributed by atoms with van der Waals surface area (Å²) in [7, 11) is 3.03. The second-order valence-corrected chi connectivity index (χ2v) is 7.80. The third-order valence-electron chi connectivity index (χ3n) is 4.67. The molecule has 2 heterocycles. The Hall–Kier alpha value is -3.37. The molecule has 0 aliphatic heterocycles. The molecular formula is C22H14Cl2F4N4O2. The average Bonchev–Trinajstić information content (AvgIpc) is 3.15. The van der Waals surface area contributed by atoms with Crippen LogP contribution < -0.4 is 9.47 Å². The van der Waals surface area contributed by atoms with Crippen LogP contribution in [0.4, 0.5) is 17.6 Å². The molecule has 0 unspecified atom stereocenters. The van der Waals surface area contributed by atoms with Crippen LogP contribution >= 0.6 is 23.2 Å². The van der Waals surface area contributed by atoms with Gasteiger partial charge in [0.05, 0.1) is 23.3 Å². The number of nitrogens with zero attached hydrogens (tertiary/aromatic N) is 4. The molecule has 0 spiro atoms. The van der Waals surface area contributed by atoms with E-state index in [0.717, 1.165) is 6.07 Å². The van der Waals surface area contributed by atoms with Crippen LogP contribution in [-0.2, 0) is 13.2 Å². The van der Waals surface area contributed by atoms with E-state index in [1.54, 1.807) is 13.1 Å². The van der Waals surface area contributed by atoms with Crippen LogP contribution in [0.15, 0.2) is 48.7 Å². The molecule has 0 aliphatic carbocycles. The van der Waals surface area contributed by atoms with E-state index in [-0.39, 0.29) is 33.1 Å². The minimum Gasteiger partial charge on any atom is -0.497 e. The monoisotopic (exact) mass is 512 g/mol. The third-order valence-corrected chi connectivity index (χ3v) is 5.26. The van der Waals surface area contributed by atoms with Crippen LogP contribution in [0.1, 0.15) is 5.56 Å². The summed E-state index contributed by atoms with van der Waals surface area (Å²) in [4.78, 5) is 8.08. The number of aryl methyl sites for hydroxylation is 1. The van der Waals surface area contributed by atoms with Crippen LogP contribution in [0.25, 0.3) is 22.8 Å². The number of alkyl halides is 3. The predicted molar refractivity (Wildman–Crippen MR) is 118 cm³/mol. The molecule has 34 heavy (non-hydrogen) atoms. The summed E-state index contributed by atoms with van der Waals surface area (Å²) in [6.45, 7) is 0. The minimum atomic E-state index is -4.59. The molecule has 0 bridgehead atoms. The summed E-state index contributed by atoms with van der Waals surface area (Å²) >= 11 is 12.1. The zero-order chi connectivity index (χ0) is 24.6. The Morgan fingerprint density at radius 2 is 1.74 bits per heavy atom. The molecule has 0 saturated carbocycles. The van der Waals surface area contributed by atoms with Gasteiger partial charge in [0.2, 0.25) is 5.88 Å². The fourth-order valence-electron chi connectivity index (χ4n) is 3.10. The number of halogens is 6. The number of hydrogen-bond donors (Lipinski definition) is 0. The Labute approximate surface area is 200 Å². The summed E-state index contributed by atoms with van der Waals surface area (Å²) < 4.78 is 65.3. The second kappa shape index (κ2) is 9.11. The molecule has 0 fully saturated rings. The van der Waals surface area contributed by atoms with Gasteiger partial charge in [0.15, 0.2) is 11.6 Å². The Balaban J connectivity index is 1.73. The highest BCUT2D eigenvalue weighted by Crippen LogP contribution is 2.37. The van der Waals surface area contributed by atoms with Crippen LogP contribution in [0.5, 0.6) is 17.4 Å². The maximum Gasteiger partial charge on any atom is 0.417 e. The van der Waals surface area contributed by atoms with E-state index < -0.39 is 17.6 Å². The Morgan fingerprint density at radius 1 is 1.00 bits per heavy atom. The summed E-state index contributed by atoms with van der Waals surface area (Å²) in [5, 5.41) is 4.08. The molecule has 12 heteroatoms. The Kier molecular flexibility index (Phi) is 6.37. The lowest BCUT2D eigenvalue weighted by Gasteiger charge is -2.12. The van der Waals surface area contributed by atoms with Gasteiger partial charge in [0.1, 0.15) is 22.3 Å². The maximum atomic E-state index is 14.3. The largest absolute Gasteiger partial charge is 0.497 e. The van der Waals surface area contributed by atoms with Gasteiger partial charge in [-0.05, 0) is 30.3 Å². The lowest BCUT2D eigenvalue weighted by Crippen LogP contribution is -2.05. The topological polar surface area (TPSA) is 62.1 Å². The number of hydrogen-bond acceptors (Lipinski definition) is 5. The first-order chi connectivity index (χ1) is 16.1. The fourth-order valence-corrected chi connectivity index (χ4v) is 3.55. The standard InChI is InChI=1S/C22H14Cl2F4N4O2/c1-32-20(30-19(31-32)18-15(23)4-3-5-17(18)25)11-6-13(33-2)9-14(7-11)34-21-16(24)8-12(10-29-21)22(26,27)28/h3-10H,1-2H3. The third kappa shape index (κ3) is 4.78. The number of ether oxygens (including phenoxy) is 2. The molecule has 0 radical (unpaired) electrons. The summed E-state index contributed by atoms with van der Waals surface area (Å²) in [5.74, 6) is 0.0943. The molecular weight excluding hydrogens is 499 g/mol. The summed E-state index contributed by atoms with van der Waals surface area (Å²) in [6.07, 6.45) is -3.97. The number of rotatable bonds is 5. The van der Waals surface area contributed by atoms with Gasteiger partial charge in [-0.15, -0.1) is 0 Å². The SMILES string of the molecule is COc1cc(Oc2ncc(C(F)(F)F)cc2Cl)cc(-c2nc(-c3c(F)cccc3Cl)nn2C)c1. The van der Waals surface area contributed by atoms with Crippen molar-refractivity contribution in [3.63, 3.8) is 0 Å². The van der Waals surface area contributed by atoms with Crippen molar-refractivity contribution in [2.24, 2.45) is 7.05 Å².